The standard InChI is InChI=1S/C7H12O.C7H12S.C6H10O3S.C6H10O2S.C6H10OS.C6H10S2.CH4/c2*1-6-4-3-5-8-7(6)2;1-5-6(2)10(7,8)4-3-9-5;1-5-6(2)9(7)4-3-8-5;2*1-5-6(2)8-4-3-7-5;/h2*3-5H2,1-2H3;3-4H2,1-2H3;3-4H2,1-2H3;2*3-4H2,1-2H3;1H4. The maximum absolute atomic E-state index is 11.1. The average Bonchev–Trinajstić information content (AvgIpc) is 3.09. The van der Waals surface area contributed by atoms with Crippen molar-refractivity contribution in [2.24, 2.45) is 0 Å². The van der Waals surface area contributed by atoms with Crippen molar-refractivity contribution >= 4 is 67.7 Å². The molecule has 13 heteroatoms. The lowest BCUT2D eigenvalue weighted by Crippen LogP contribution is -2.19. The summed E-state index contributed by atoms with van der Waals surface area (Å²) < 4.78 is 53.8. The van der Waals surface area contributed by atoms with E-state index in [0.717, 1.165) is 41.1 Å². The number of thioether (sulfide) groups is 4. The largest absolute Gasteiger partial charge is 0.498 e. The van der Waals surface area contributed by atoms with Crippen molar-refractivity contribution in [1.29, 1.82) is 0 Å². The Balaban J connectivity index is 0.000000599. The number of hydrogen-bond acceptors (Lipinski definition) is 11. The monoisotopic (exact) mass is 840 g/mol. The average molecular weight is 841 g/mol. The Kier molecular flexibility index (Phi) is 27.2. The van der Waals surface area contributed by atoms with Gasteiger partial charge in [-0.15, -0.1) is 47.0 Å². The Hall–Kier alpha value is -0.860. The number of allylic oxidation sites excluding steroid dienone is 12. The van der Waals surface area contributed by atoms with Crippen LogP contribution in [-0.2, 0) is 39.6 Å². The van der Waals surface area contributed by atoms with Crippen LogP contribution >= 0.6 is 47.0 Å². The van der Waals surface area contributed by atoms with E-state index >= 15 is 0 Å². The fourth-order valence-corrected chi connectivity index (χ4v) is 10.1. The number of sulfone groups is 1. The Bertz CT molecular complexity index is 1280. The third kappa shape index (κ3) is 20.7. The third-order valence-corrected chi connectivity index (χ3v) is 17.2. The normalized spacial score (nSPS) is 22.6. The molecule has 0 amide bonds. The first-order valence-electron chi connectivity index (χ1n) is 17.6. The van der Waals surface area contributed by atoms with Crippen molar-refractivity contribution in [3.8, 4) is 0 Å². The van der Waals surface area contributed by atoms with Crippen molar-refractivity contribution in [3.63, 3.8) is 0 Å². The molecule has 1 atom stereocenters. The molecule has 302 valence electrons. The van der Waals surface area contributed by atoms with Crippen molar-refractivity contribution in [2.45, 2.75) is 116 Å². The smallest absolute Gasteiger partial charge is 0.180 e. The van der Waals surface area contributed by atoms with Gasteiger partial charge in [0.1, 0.15) is 23.9 Å². The van der Waals surface area contributed by atoms with Crippen LogP contribution in [0, 0.1) is 0 Å². The number of hydrogen-bond donors (Lipinski definition) is 0. The molecule has 6 heterocycles. The van der Waals surface area contributed by atoms with Crippen molar-refractivity contribution in [2.75, 3.05) is 60.9 Å². The minimum Gasteiger partial charge on any atom is -0.498 e. The van der Waals surface area contributed by atoms with E-state index in [9.17, 15) is 12.6 Å². The second-order valence-corrected chi connectivity index (χ2v) is 21.7. The van der Waals surface area contributed by atoms with Gasteiger partial charge in [-0.05, 0) is 135 Å². The molecule has 0 N–H and O–H groups in total. The molecule has 6 rings (SSSR count). The van der Waals surface area contributed by atoms with Crippen molar-refractivity contribution < 1.29 is 31.6 Å². The topological polar surface area (TPSA) is 88.1 Å². The van der Waals surface area contributed by atoms with Crippen LogP contribution in [0.5, 0.6) is 0 Å². The molecule has 0 fully saturated rings. The molecule has 0 saturated carbocycles. The molecule has 0 spiro atoms. The highest BCUT2D eigenvalue weighted by molar-refractivity contribution is 8.09. The van der Waals surface area contributed by atoms with E-state index in [1.165, 1.54) is 63.2 Å². The zero-order valence-corrected chi connectivity index (χ0v) is 38.1. The Morgan fingerprint density at radius 1 is 0.519 bits per heavy atom. The molecule has 0 aromatic heterocycles. The maximum Gasteiger partial charge on any atom is 0.180 e. The Labute approximate surface area is 337 Å². The fourth-order valence-electron chi connectivity index (χ4n) is 4.37. The lowest BCUT2D eigenvalue weighted by molar-refractivity contribution is 0.189. The quantitative estimate of drug-likeness (QED) is 0.234. The summed E-state index contributed by atoms with van der Waals surface area (Å²) in [6, 6.07) is 0. The lowest BCUT2D eigenvalue weighted by Gasteiger charge is -2.15. The lowest BCUT2D eigenvalue weighted by atomic mass is 10.1. The van der Waals surface area contributed by atoms with Crippen LogP contribution in [-0.4, -0.2) is 73.6 Å². The molecule has 7 nitrogen and oxygen atoms in total. The van der Waals surface area contributed by atoms with E-state index in [4.69, 9.17) is 18.9 Å². The molecule has 52 heavy (non-hydrogen) atoms. The third-order valence-electron chi connectivity index (χ3n) is 8.72. The highest BCUT2D eigenvalue weighted by atomic mass is 32.2. The Morgan fingerprint density at radius 3 is 1.40 bits per heavy atom. The van der Waals surface area contributed by atoms with E-state index < -0.39 is 20.6 Å². The van der Waals surface area contributed by atoms with Crippen LogP contribution in [0.4, 0.5) is 0 Å². The zero-order chi connectivity index (χ0) is 38.6. The van der Waals surface area contributed by atoms with E-state index in [0.29, 0.717) is 29.6 Å². The first-order valence-corrected chi connectivity index (χ1v) is 24.5. The fraction of sp³-hybridized carbons (Fsp3) is 0.692. The van der Waals surface area contributed by atoms with Crippen LogP contribution in [0.3, 0.4) is 0 Å². The molecule has 0 aromatic carbocycles. The van der Waals surface area contributed by atoms with Gasteiger partial charge in [0.05, 0.1) is 57.7 Å². The Morgan fingerprint density at radius 2 is 1.04 bits per heavy atom. The van der Waals surface area contributed by atoms with Gasteiger partial charge in [-0.1, -0.05) is 13.0 Å². The number of rotatable bonds is 0. The van der Waals surface area contributed by atoms with Crippen LogP contribution < -0.4 is 0 Å². The minimum atomic E-state index is -2.96. The van der Waals surface area contributed by atoms with Crippen LogP contribution in [0.2, 0.25) is 0 Å². The van der Waals surface area contributed by atoms with Gasteiger partial charge >= 0.3 is 0 Å². The van der Waals surface area contributed by atoms with Gasteiger partial charge < -0.3 is 18.9 Å². The summed E-state index contributed by atoms with van der Waals surface area (Å²) in [6.07, 6.45) is 5.14. The van der Waals surface area contributed by atoms with E-state index in [2.05, 4.69) is 41.5 Å². The first-order chi connectivity index (χ1) is 24.0. The van der Waals surface area contributed by atoms with Gasteiger partial charge in [-0.2, -0.15) is 0 Å². The second kappa shape index (κ2) is 27.7. The summed E-state index contributed by atoms with van der Waals surface area (Å²) in [5.74, 6) is 9.43. The highest BCUT2D eigenvalue weighted by Gasteiger charge is 2.21. The van der Waals surface area contributed by atoms with E-state index in [1.54, 1.807) is 24.3 Å². The van der Waals surface area contributed by atoms with Gasteiger partial charge in [0, 0.05) is 22.2 Å². The number of ether oxygens (including phenoxy) is 4. The summed E-state index contributed by atoms with van der Waals surface area (Å²) in [7, 11) is -3.72. The summed E-state index contributed by atoms with van der Waals surface area (Å²) in [5.41, 5.74) is 3.01. The molecular formula is C39H68O7S6. The molecule has 0 saturated heterocycles. The summed E-state index contributed by atoms with van der Waals surface area (Å²) in [5, 5.41) is 0. The molecular weight excluding hydrogens is 773 g/mol. The van der Waals surface area contributed by atoms with Crippen molar-refractivity contribution in [1.82, 2.24) is 0 Å². The molecule has 1 unspecified atom stereocenters. The second-order valence-electron chi connectivity index (χ2n) is 12.5. The molecule has 0 radical (unpaired) electrons. The van der Waals surface area contributed by atoms with Gasteiger partial charge in [0.15, 0.2) is 9.84 Å². The molecule has 6 aliphatic rings. The van der Waals surface area contributed by atoms with Gasteiger partial charge in [-0.25, -0.2) is 8.42 Å². The van der Waals surface area contributed by atoms with Crippen LogP contribution in [0.25, 0.3) is 0 Å². The van der Waals surface area contributed by atoms with Crippen LogP contribution in [0.1, 0.15) is 116 Å². The summed E-state index contributed by atoms with van der Waals surface area (Å²) >= 11 is 7.86. The molecule has 0 aromatic rings. The maximum atomic E-state index is 11.1. The van der Waals surface area contributed by atoms with Crippen molar-refractivity contribution in [3.05, 3.63) is 63.6 Å². The van der Waals surface area contributed by atoms with Gasteiger partial charge in [0.25, 0.3) is 0 Å². The minimum absolute atomic E-state index is 0. The summed E-state index contributed by atoms with van der Waals surface area (Å²) in [6.45, 7) is 26.8. The zero-order valence-electron chi connectivity index (χ0n) is 33.2. The summed E-state index contributed by atoms with van der Waals surface area (Å²) in [4.78, 5) is 7.18. The van der Waals surface area contributed by atoms with Crippen LogP contribution in [0.15, 0.2) is 63.6 Å². The molecule has 6 aliphatic heterocycles. The first kappa shape index (κ1) is 51.1. The molecule has 0 bridgehead atoms. The van der Waals surface area contributed by atoms with Gasteiger partial charge in [0.2, 0.25) is 0 Å². The van der Waals surface area contributed by atoms with Gasteiger partial charge in [-0.3, -0.25) is 4.21 Å². The predicted octanol–water partition coefficient (Wildman–Crippen LogP) is 12.0. The van der Waals surface area contributed by atoms with E-state index in [-0.39, 0.29) is 13.2 Å². The highest BCUT2D eigenvalue weighted by Crippen LogP contribution is 2.32. The van der Waals surface area contributed by atoms with E-state index in [1.807, 2.05) is 74.7 Å². The molecule has 0 aliphatic carbocycles. The SMILES string of the molecule is C.CC1=C(C)OCCC1.CC1=C(C)S(=O)(=O)CCO1.CC1=C(C)S(=O)CCO1.CC1=C(C)SCCC1.CC1=C(C)SCCO1.CC1=C(C)SCCS1. The predicted molar refractivity (Wildman–Crippen MR) is 236 cm³/mol.